The maximum absolute atomic E-state index is 12.7. The summed E-state index contributed by atoms with van der Waals surface area (Å²) in [7, 11) is 0. The number of nitrogens with zero attached hydrogens (tertiary/aromatic N) is 3. The molecule has 2 heterocycles. The normalized spacial score (nSPS) is 16.3. The molecule has 0 radical (unpaired) electrons. The average molecular weight is 377 g/mol. The van der Waals surface area contributed by atoms with Gasteiger partial charge >= 0.3 is 0 Å². The first kappa shape index (κ1) is 18.7. The van der Waals surface area contributed by atoms with Crippen LogP contribution in [0.5, 0.6) is 0 Å². The van der Waals surface area contributed by atoms with Crippen LogP contribution in [0.2, 0.25) is 0 Å². The summed E-state index contributed by atoms with van der Waals surface area (Å²) in [6.45, 7) is 3.45. The molecule has 0 unspecified atom stereocenters. The summed E-state index contributed by atoms with van der Waals surface area (Å²) >= 11 is 0. The van der Waals surface area contributed by atoms with Gasteiger partial charge in [0.05, 0.1) is 0 Å². The standard InChI is InChI=1S/C23H28N4O/c1-17-16-20(22(28)24-14-13-18-8-3-2-4-9-18)26-23(25-17)27-15-7-11-19-10-5-6-12-21(19)27/h5-6,8,10,12,16H,2-4,7,9,11,13-15H2,1H3,(H,24,28). The summed E-state index contributed by atoms with van der Waals surface area (Å²) in [5.74, 6) is 0.501. The van der Waals surface area contributed by atoms with Crippen LogP contribution in [0.3, 0.4) is 0 Å². The number of hydrogen-bond acceptors (Lipinski definition) is 4. The van der Waals surface area contributed by atoms with Gasteiger partial charge in [-0.25, -0.2) is 9.97 Å². The summed E-state index contributed by atoms with van der Waals surface area (Å²) in [4.78, 5) is 24.0. The molecular weight excluding hydrogens is 348 g/mol. The second-order valence-electron chi connectivity index (χ2n) is 7.69. The molecule has 4 rings (SSSR count). The first-order valence-corrected chi connectivity index (χ1v) is 10.4. The Morgan fingerprint density at radius 1 is 1.14 bits per heavy atom. The average Bonchev–Trinajstić information content (AvgIpc) is 2.73. The van der Waals surface area contributed by atoms with E-state index in [2.05, 4.69) is 44.5 Å². The van der Waals surface area contributed by atoms with E-state index in [0.29, 0.717) is 18.2 Å². The number of aromatic nitrogens is 2. The van der Waals surface area contributed by atoms with Gasteiger partial charge in [-0.15, -0.1) is 0 Å². The Hall–Kier alpha value is -2.69. The molecule has 5 heteroatoms. The predicted molar refractivity (Wildman–Crippen MR) is 112 cm³/mol. The Balaban J connectivity index is 1.48. The summed E-state index contributed by atoms with van der Waals surface area (Å²) in [5.41, 5.74) is 5.19. The van der Waals surface area contributed by atoms with Crippen LogP contribution in [-0.4, -0.2) is 29.0 Å². The zero-order valence-corrected chi connectivity index (χ0v) is 16.6. The summed E-state index contributed by atoms with van der Waals surface area (Å²) < 4.78 is 0. The molecule has 1 aliphatic heterocycles. The number of hydrogen-bond donors (Lipinski definition) is 1. The molecule has 5 nitrogen and oxygen atoms in total. The van der Waals surface area contributed by atoms with Gasteiger partial charge < -0.3 is 10.2 Å². The minimum absolute atomic E-state index is 0.117. The first-order chi connectivity index (χ1) is 13.7. The second kappa shape index (κ2) is 8.55. The van der Waals surface area contributed by atoms with Crippen molar-refractivity contribution in [3.8, 4) is 0 Å². The number of amides is 1. The minimum Gasteiger partial charge on any atom is -0.350 e. The third-order valence-electron chi connectivity index (χ3n) is 5.54. The molecule has 0 atom stereocenters. The van der Waals surface area contributed by atoms with Crippen molar-refractivity contribution < 1.29 is 4.79 Å². The van der Waals surface area contributed by atoms with Crippen molar-refractivity contribution >= 4 is 17.5 Å². The minimum atomic E-state index is -0.117. The van der Waals surface area contributed by atoms with Crippen molar-refractivity contribution in [2.45, 2.75) is 51.9 Å². The van der Waals surface area contributed by atoms with Gasteiger partial charge in [-0.2, -0.15) is 0 Å². The van der Waals surface area contributed by atoms with E-state index in [-0.39, 0.29) is 5.91 Å². The third kappa shape index (κ3) is 4.24. The van der Waals surface area contributed by atoms with E-state index in [4.69, 9.17) is 0 Å². The van der Waals surface area contributed by atoms with Crippen LogP contribution in [0.25, 0.3) is 0 Å². The fourth-order valence-electron chi connectivity index (χ4n) is 4.09. The molecule has 2 aromatic rings. The number of benzene rings is 1. The van der Waals surface area contributed by atoms with E-state index in [1.54, 1.807) is 6.07 Å². The molecule has 0 saturated heterocycles. The Morgan fingerprint density at radius 2 is 2.04 bits per heavy atom. The quantitative estimate of drug-likeness (QED) is 0.781. The molecule has 1 N–H and O–H groups in total. The number of aryl methyl sites for hydroxylation is 2. The Kier molecular flexibility index (Phi) is 5.70. The highest BCUT2D eigenvalue weighted by molar-refractivity contribution is 5.92. The van der Waals surface area contributed by atoms with Gasteiger partial charge in [0.25, 0.3) is 5.91 Å². The largest absolute Gasteiger partial charge is 0.350 e. The van der Waals surface area contributed by atoms with Gasteiger partial charge in [0.1, 0.15) is 5.69 Å². The van der Waals surface area contributed by atoms with E-state index < -0.39 is 0 Å². The highest BCUT2D eigenvalue weighted by Gasteiger charge is 2.21. The monoisotopic (exact) mass is 376 g/mol. The highest BCUT2D eigenvalue weighted by atomic mass is 16.1. The van der Waals surface area contributed by atoms with Crippen LogP contribution in [0, 0.1) is 6.92 Å². The van der Waals surface area contributed by atoms with Crippen LogP contribution in [0.15, 0.2) is 42.0 Å². The van der Waals surface area contributed by atoms with Crippen molar-refractivity contribution in [1.29, 1.82) is 0 Å². The number of allylic oxidation sites excluding steroid dienone is 1. The molecule has 0 fully saturated rings. The van der Waals surface area contributed by atoms with E-state index in [9.17, 15) is 4.79 Å². The van der Waals surface area contributed by atoms with Gasteiger partial charge in [0.15, 0.2) is 0 Å². The smallest absolute Gasteiger partial charge is 0.270 e. The number of fused-ring (bicyclic) bond motifs is 1. The van der Waals surface area contributed by atoms with Crippen molar-refractivity contribution in [1.82, 2.24) is 15.3 Å². The lowest BCUT2D eigenvalue weighted by Gasteiger charge is -2.29. The molecule has 1 aromatic heterocycles. The number of carbonyl (C=O) groups is 1. The van der Waals surface area contributed by atoms with Crippen molar-refractivity contribution in [3.05, 3.63) is 58.9 Å². The topological polar surface area (TPSA) is 58.1 Å². The number of anilines is 2. The van der Waals surface area contributed by atoms with E-state index in [1.165, 1.54) is 36.8 Å². The van der Waals surface area contributed by atoms with Gasteiger partial charge in [0.2, 0.25) is 5.95 Å². The Bertz CT molecular complexity index is 890. The fraction of sp³-hybridized carbons (Fsp3) is 0.435. The highest BCUT2D eigenvalue weighted by Crippen LogP contribution is 2.31. The molecule has 0 saturated carbocycles. The van der Waals surface area contributed by atoms with Crippen LogP contribution in [0.1, 0.15) is 60.3 Å². The van der Waals surface area contributed by atoms with Gasteiger partial charge in [-0.1, -0.05) is 29.8 Å². The van der Waals surface area contributed by atoms with Gasteiger partial charge in [-0.3, -0.25) is 4.79 Å². The molecule has 28 heavy (non-hydrogen) atoms. The molecule has 2 aliphatic rings. The van der Waals surface area contributed by atoms with E-state index in [1.807, 2.05) is 13.0 Å². The lowest BCUT2D eigenvalue weighted by atomic mass is 9.97. The molecule has 146 valence electrons. The van der Waals surface area contributed by atoms with Crippen molar-refractivity contribution in [2.24, 2.45) is 0 Å². The predicted octanol–water partition coefficient (Wildman–Crippen LogP) is 4.49. The summed E-state index contributed by atoms with van der Waals surface area (Å²) in [6, 6.07) is 10.2. The first-order valence-electron chi connectivity index (χ1n) is 10.4. The molecule has 1 aromatic carbocycles. The van der Waals surface area contributed by atoms with Crippen LogP contribution < -0.4 is 10.2 Å². The lowest BCUT2D eigenvalue weighted by molar-refractivity contribution is 0.0949. The Morgan fingerprint density at radius 3 is 2.89 bits per heavy atom. The summed E-state index contributed by atoms with van der Waals surface area (Å²) in [5, 5.41) is 3.03. The number of carbonyl (C=O) groups excluding carboxylic acids is 1. The zero-order valence-electron chi connectivity index (χ0n) is 16.6. The van der Waals surface area contributed by atoms with Gasteiger partial charge in [0, 0.05) is 24.5 Å². The molecule has 0 spiro atoms. The second-order valence-corrected chi connectivity index (χ2v) is 7.69. The zero-order chi connectivity index (χ0) is 19.3. The molecule has 1 amide bonds. The van der Waals surface area contributed by atoms with Crippen molar-refractivity contribution in [3.63, 3.8) is 0 Å². The maximum atomic E-state index is 12.7. The Labute approximate surface area is 166 Å². The fourth-order valence-corrected chi connectivity index (χ4v) is 4.09. The number of rotatable bonds is 5. The van der Waals surface area contributed by atoms with Gasteiger partial charge in [-0.05, 0) is 69.6 Å². The third-order valence-corrected chi connectivity index (χ3v) is 5.54. The van der Waals surface area contributed by atoms with Crippen LogP contribution >= 0.6 is 0 Å². The summed E-state index contributed by atoms with van der Waals surface area (Å²) in [6.07, 6.45) is 10.3. The van der Waals surface area contributed by atoms with E-state index >= 15 is 0 Å². The number of para-hydroxylation sites is 1. The molecule has 1 aliphatic carbocycles. The SMILES string of the molecule is Cc1cc(C(=O)NCCC2=CCCCC2)nc(N2CCCc3ccccc32)n1. The molecule has 0 bridgehead atoms. The maximum Gasteiger partial charge on any atom is 0.270 e. The van der Waals surface area contributed by atoms with Crippen LogP contribution in [-0.2, 0) is 6.42 Å². The van der Waals surface area contributed by atoms with Crippen LogP contribution in [0.4, 0.5) is 11.6 Å². The lowest BCUT2D eigenvalue weighted by Crippen LogP contribution is -2.29. The van der Waals surface area contributed by atoms with Crippen molar-refractivity contribution in [2.75, 3.05) is 18.0 Å². The van der Waals surface area contributed by atoms with E-state index in [0.717, 1.165) is 37.2 Å². The number of nitrogens with one attached hydrogen (secondary N) is 1. The molecular formula is C23H28N4O.